The maximum atomic E-state index is 12.5. The van der Waals surface area contributed by atoms with Crippen LogP contribution in [0.3, 0.4) is 0 Å². The van der Waals surface area contributed by atoms with Crippen LogP contribution in [-0.2, 0) is 6.42 Å². The van der Waals surface area contributed by atoms with Gasteiger partial charge in [-0.05, 0) is 30.5 Å². The van der Waals surface area contributed by atoms with E-state index in [4.69, 9.17) is 4.42 Å². The Morgan fingerprint density at radius 2 is 1.95 bits per heavy atom. The zero-order valence-electron chi connectivity index (χ0n) is 12.3. The smallest absolute Gasteiger partial charge is 0.235 e. The summed E-state index contributed by atoms with van der Waals surface area (Å²) in [4.78, 5) is 12.5. The molecule has 1 heterocycles. The molecule has 0 bridgehead atoms. The molecule has 0 aliphatic carbocycles. The molecule has 0 saturated heterocycles. The number of para-hydroxylation sites is 1. The van der Waals surface area contributed by atoms with Crippen LogP contribution in [0.5, 0.6) is 5.75 Å². The van der Waals surface area contributed by atoms with Gasteiger partial charge in [0, 0.05) is 5.56 Å². The van der Waals surface area contributed by atoms with Gasteiger partial charge in [-0.3, -0.25) is 4.79 Å². The van der Waals surface area contributed by atoms with E-state index >= 15 is 0 Å². The molecular formula is C19H16O3. The first kappa shape index (κ1) is 14.1. The third-order valence-corrected chi connectivity index (χ3v) is 3.73. The predicted octanol–water partition coefficient (Wildman–Crippen LogP) is 4.20. The summed E-state index contributed by atoms with van der Waals surface area (Å²) in [7, 11) is 0. The lowest BCUT2D eigenvalue weighted by Crippen LogP contribution is -2.04. The van der Waals surface area contributed by atoms with Crippen LogP contribution in [0.1, 0.15) is 11.1 Å². The van der Waals surface area contributed by atoms with Crippen LogP contribution in [0.4, 0.5) is 0 Å². The Labute approximate surface area is 128 Å². The molecule has 0 atom stereocenters. The molecule has 3 heteroatoms. The number of hydrogen-bond acceptors (Lipinski definition) is 3. The number of benzene rings is 2. The SMILES string of the molecule is C=CCc1cccc2c(=O)c(O)c(-c3ccccc3C)oc12. The van der Waals surface area contributed by atoms with E-state index in [0.29, 0.717) is 23.0 Å². The summed E-state index contributed by atoms with van der Waals surface area (Å²) in [6, 6.07) is 12.8. The summed E-state index contributed by atoms with van der Waals surface area (Å²) >= 11 is 0. The summed E-state index contributed by atoms with van der Waals surface area (Å²) < 4.78 is 5.93. The molecule has 3 rings (SSSR count). The standard InChI is InChI=1S/C19H16O3/c1-3-7-13-9-6-11-15-16(20)17(21)19(22-18(13)15)14-10-5-4-8-12(14)2/h3-6,8-11,21H,1,7H2,2H3. The molecule has 3 aromatic rings. The monoisotopic (exact) mass is 292 g/mol. The van der Waals surface area contributed by atoms with Crippen molar-refractivity contribution in [2.24, 2.45) is 0 Å². The normalized spacial score (nSPS) is 10.8. The van der Waals surface area contributed by atoms with Gasteiger partial charge in [0.25, 0.3) is 0 Å². The average molecular weight is 292 g/mol. The molecule has 2 aromatic carbocycles. The van der Waals surface area contributed by atoms with E-state index in [9.17, 15) is 9.90 Å². The van der Waals surface area contributed by atoms with Crippen LogP contribution in [0.15, 0.2) is 64.3 Å². The fourth-order valence-corrected chi connectivity index (χ4v) is 2.59. The summed E-state index contributed by atoms with van der Waals surface area (Å²) in [6.45, 7) is 5.64. The van der Waals surface area contributed by atoms with Gasteiger partial charge in [0.2, 0.25) is 11.2 Å². The maximum absolute atomic E-state index is 12.5. The molecule has 0 aliphatic heterocycles. The number of rotatable bonds is 3. The Balaban J connectivity index is 2.40. The minimum Gasteiger partial charge on any atom is -0.502 e. The van der Waals surface area contributed by atoms with Crippen molar-refractivity contribution in [2.75, 3.05) is 0 Å². The Morgan fingerprint density at radius 3 is 2.68 bits per heavy atom. The van der Waals surface area contributed by atoms with Gasteiger partial charge >= 0.3 is 0 Å². The van der Waals surface area contributed by atoms with Gasteiger partial charge in [0.15, 0.2) is 5.76 Å². The van der Waals surface area contributed by atoms with E-state index < -0.39 is 5.43 Å². The van der Waals surface area contributed by atoms with Crippen molar-refractivity contribution < 1.29 is 9.52 Å². The fourth-order valence-electron chi connectivity index (χ4n) is 2.59. The highest BCUT2D eigenvalue weighted by molar-refractivity contribution is 5.84. The summed E-state index contributed by atoms with van der Waals surface area (Å²) in [5, 5.41) is 10.7. The fraction of sp³-hybridized carbons (Fsp3) is 0.105. The summed E-state index contributed by atoms with van der Waals surface area (Å²) in [6.07, 6.45) is 2.35. The Hall–Kier alpha value is -2.81. The van der Waals surface area contributed by atoms with Gasteiger partial charge in [-0.15, -0.1) is 6.58 Å². The van der Waals surface area contributed by atoms with Crippen molar-refractivity contribution in [3.05, 3.63) is 76.5 Å². The second kappa shape index (κ2) is 5.53. The number of aromatic hydroxyl groups is 1. The molecule has 0 spiro atoms. The Kier molecular flexibility index (Phi) is 3.55. The van der Waals surface area contributed by atoms with E-state index in [1.807, 2.05) is 37.3 Å². The zero-order valence-corrected chi connectivity index (χ0v) is 12.3. The van der Waals surface area contributed by atoms with E-state index in [1.54, 1.807) is 18.2 Å². The second-order valence-corrected chi connectivity index (χ2v) is 5.21. The third kappa shape index (κ3) is 2.21. The highest BCUT2D eigenvalue weighted by Gasteiger charge is 2.17. The quantitative estimate of drug-likeness (QED) is 0.736. The lowest BCUT2D eigenvalue weighted by Gasteiger charge is -2.10. The van der Waals surface area contributed by atoms with Crippen molar-refractivity contribution in [2.45, 2.75) is 13.3 Å². The number of hydrogen-bond donors (Lipinski definition) is 1. The highest BCUT2D eigenvalue weighted by Crippen LogP contribution is 2.33. The maximum Gasteiger partial charge on any atom is 0.235 e. The molecule has 0 aliphatic rings. The van der Waals surface area contributed by atoms with Crippen molar-refractivity contribution in [1.29, 1.82) is 0 Å². The van der Waals surface area contributed by atoms with Gasteiger partial charge in [0.1, 0.15) is 5.58 Å². The topological polar surface area (TPSA) is 50.4 Å². The van der Waals surface area contributed by atoms with Crippen molar-refractivity contribution >= 4 is 11.0 Å². The second-order valence-electron chi connectivity index (χ2n) is 5.21. The lowest BCUT2D eigenvalue weighted by molar-refractivity contribution is 0.448. The van der Waals surface area contributed by atoms with E-state index in [0.717, 1.165) is 11.1 Å². The van der Waals surface area contributed by atoms with Gasteiger partial charge in [-0.25, -0.2) is 0 Å². The number of allylic oxidation sites excluding steroid dienone is 1. The van der Waals surface area contributed by atoms with E-state index in [-0.39, 0.29) is 11.5 Å². The summed E-state index contributed by atoms with van der Waals surface area (Å²) in [5.74, 6) is -0.135. The summed E-state index contributed by atoms with van der Waals surface area (Å²) in [5.41, 5.74) is 2.61. The predicted molar refractivity (Wildman–Crippen MR) is 88.2 cm³/mol. The minimum absolute atomic E-state index is 0.215. The first-order valence-corrected chi connectivity index (χ1v) is 7.08. The average Bonchev–Trinajstić information content (AvgIpc) is 2.52. The molecule has 0 unspecified atom stereocenters. The molecule has 0 radical (unpaired) electrons. The molecule has 0 saturated carbocycles. The Morgan fingerprint density at radius 1 is 1.18 bits per heavy atom. The van der Waals surface area contributed by atoms with Crippen LogP contribution in [0, 0.1) is 6.92 Å². The first-order chi connectivity index (χ1) is 10.6. The molecular weight excluding hydrogens is 276 g/mol. The van der Waals surface area contributed by atoms with Crippen LogP contribution < -0.4 is 5.43 Å². The molecule has 1 aromatic heterocycles. The highest BCUT2D eigenvalue weighted by atomic mass is 16.4. The van der Waals surface area contributed by atoms with Gasteiger partial charge in [-0.2, -0.15) is 0 Å². The number of aryl methyl sites for hydroxylation is 1. The van der Waals surface area contributed by atoms with Crippen LogP contribution in [0.25, 0.3) is 22.3 Å². The number of fused-ring (bicyclic) bond motifs is 1. The van der Waals surface area contributed by atoms with Crippen LogP contribution >= 0.6 is 0 Å². The van der Waals surface area contributed by atoms with Crippen LogP contribution in [-0.4, -0.2) is 5.11 Å². The van der Waals surface area contributed by atoms with Gasteiger partial charge < -0.3 is 9.52 Å². The molecule has 110 valence electrons. The largest absolute Gasteiger partial charge is 0.502 e. The molecule has 0 amide bonds. The van der Waals surface area contributed by atoms with E-state index in [1.165, 1.54) is 0 Å². The molecule has 22 heavy (non-hydrogen) atoms. The van der Waals surface area contributed by atoms with Crippen molar-refractivity contribution in [1.82, 2.24) is 0 Å². The van der Waals surface area contributed by atoms with Gasteiger partial charge in [-0.1, -0.05) is 42.5 Å². The van der Waals surface area contributed by atoms with Crippen molar-refractivity contribution in [3.8, 4) is 17.1 Å². The van der Waals surface area contributed by atoms with Crippen LogP contribution in [0.2, 0.25) is 0 Å². The minimum atomic E-state index is -0.412. The molecule has 3 nitrogen and oxygen atoms in total. The Bertz CT molecular complexity index is 920. The lowest BCUT2D eigenvalue weighted by atomic mass is 10.0. The molecule has 1 N–H and O–H groups in total. The van der Waals surface area contributed by atoms with Gasteiger partial charge in [0.05, 0.1) is 5.39 Å². The third-order valence-electron chi connectivity index (χ3n) is 3.73. The first-order valence-electron chi connectivity index (χ1n) is 7.08. The zero-order chi connectivity index (χ0) is 15.7. The van der Waals surface area contributed by atoms with E-state index in [2.05, 4.69) is 6.58 Å². The molecule has 0 fully saturated rings. The van der Waals surface area contributed by atoms with Crippen molar-refractivity contribution in [3.63, 3.8) is 0 Å².